The van der Waals surface area contributed by atoms with Gasteiger partial charge in [-0.25, -0.2) is 4.79 Å². The Hall–Kier alpha value is -3.31. The quantitative estimate of drug-likeness (QED) is 0.367. The second-order valence-corrected chi connectivity index (χ2v) is 9.92. The Bertz CT molecular complexity index is 1110. The lowest BCUT2D eigenvalue weighted by Crippen LogP contribution is -2.42. The number of piperidine rings is 1. The van der Waals surface area contributed by atoms with E-state index in [2.05, 4.69) is 29.6 Å². The van der Waals surface area contributed by atoms with Crippen LogP contribution in [0.15, 0.2) is 84.9 Å². The molecule has 1 heterocycles. The Morgan fingerprint density at radius 2 is 1.56 bits per heavy atom. The zero-order valence-electron chi connectivity index (χ0n) is 20.8. The predicted molar refractivity (Wildman–Crippen MR) is 146 cm³/mol. The van der Waals surface area contributed by atoms with Crippen molar-refractivity contribution < 1.29 is 9.59 Å². The summed E-state index contributed by atoms with van der Waals surface area (Å²) in [5, 5.41) is 3.57. The van der Waals surface area contributed by atoms with Crippen LogP contribution in [0.3, 0.4) is 0 Å². The Morgan fingerprint density at radius 3 is 2.19 bits per heavy atom. The molecule has 4 rings (SSSR count). The summed E-state index contributed by atoms with van der Waals surface area (Å²) in [5.74, 6) is 0.717. The molecule has 3 aromatic carbocycles. The highest BCUT2D eigenvalue weighted by molar-refractivity contribution is 6.30. The van der Waals surface area contributed by atoms with Gasteiger partial charge in [0, 0.05) is 36.8 Å². The van der Waals surface area contributed by atoms with Crippen molar-refractivity contribution in [1.82, 2.24) is 9.80 Å². The molecule has 0 aromatic heterocycles. The van der Waals surface area contributed by atoms with Crippen molar-refractivity contribution in [3.8, 4) is 0 Å². The molecule has 1 atom stereocenters. The molecule has 1 saturated heterocycles. The molecule has 5 nitrogen and oxygen atoms in total. The first kappa shape index (κ1) is 25.8. The van der Waals surface area contributed by atoms with Crippen molar-refractivity contribution in [3.05, 3.63) is 101 Å². The maximum Gasteiger partial charge on any atom is 0.322 e. The second kappa shape index (κ2) is 12.6. The Balaban J connectivity index is 1.35. The van der Waals surface area contributed by atoms with Crippen LogP contribution in [0.4, 0.5) is 10.5 Å². The first-order chi connectivity index (χ1) is 17.5. The third-order valence-electron chi connectivity index (χ3n) is 7.01. The molecule has 0 spiro atoms. The van der Waals surface area contributed by atoms with Gasteiger partial charge in [-0.3, -0.25) is 4.79 Å². The fourth-order valence-electron chi connectivity index (χ4n) is 4.82. The second-order valence-electron chi connectivity index (χ2n) is 9.48. The highest BCUT2D eigenvalue weighted by Gasteiger charge is 2.26. The number of carbonyl (C=O) groups is 2. The van der Waals surface area contributed by atoms with Gasteiger partial charge in [-0.2, -0.15) is 0 Å². The van der Waals surface area contributed by atoms with Crippen LogP contribution in [0.1, 0.15) is 43.4 Å². The van der Waals surface area contributed by atoms with Crippen LogP contribution in [-0.2, 0) is 11.2 Å². The van der Waals surface area contributed by atoms with Crippen molar-refractivity contribution in [2.75, 3.05) is 25.0 Å². The van der Waals surface area contributed by atoms with Gasteiger partial charge in [0.1, 0.15) is 0 Å². The molecule has 3 aromatic rings. The van der Waals surface area contributed by atoms with Crippen LogP contribution >= 0.6 is 11.6 Å². The minimum Gasteiger partial charge on any atom is -0.343 e. The third kappa shape index (κ3) is 7.11. The van der Waals surface area contributed by atoms with Gasteiger partial charge in [0.15, 0.2) is 0 Å². The zero-order valence-corrected chi connectivity index (χ0v) is 21.5. The molecule has 1 unspecified atom stereocenters. The van der Waals surface area contributed by atoms with Gasteiger partial charge in [-0.15, -0.1) is 0 Å². The molecule has 1 aliphatic rings. The summed E-state index contributed by atoms with van der Waals surface area (Å²) in [6, 6.07) is 27.1. The first-order valence-corrected chi connectivity index (χ1v) is 13.1. The normalized spacial score (nSPS) is 14.8. The van der Waals surface area contributed by atoms with Gasteiger partial charge in [0.2, 0.25) is 5.91 Å². The molecule has 188 valence electrons. The van der Waals surface area contributed by atoms with Gasteiger partial charge >= 0.3 is 6.03 Å². The van der Waals surface area contributed by atoms with Crippen molar-refractivity contribution in [3.63, 3.8) is 0 Å². The van der Waals surface area contributed by atoms with Crippen LogP contribution in [0.2, 0.25) is 5.02 Å². The van der Waals surface area contributed by atoms with Crippen LogP contribution in [0.5, 0.6) is 0 Å². The van der Waals surface area contributed by atoms with Crippen molar-refractivity contribution in [1.29, 1.82) is 0 Å². The average molecular weight is 504 g/mol. The largest absolute Gasteiger partial charge is 0.343 e. The van der Waals surface area contributed by atoms with Crippen molar-refractivity contribution in [2.45, 2.75) is 38.6 Å². The standard InChI is InChI=1S/C30H34ClN3O2/c1-23(26-10-6-3-7-11-26)34(30(36)32-28-14-12-27(31)13-15-28)21-18-29(35)33-19-16-25(17-20-33)22-24-8-4-2-5-9-24/h2-15,23,25H,16-22H2,1H3,(H,32,36). The molecule has 3 amide bonds. The highest BCUT2D eigenvalue weighted by atomic mass is 35.5. The SMILES string of the molecule is CC(c1ccccc1)N(CCC(=O)N1CCC(Cc2ccccc2)CC1)C(=O)Nc1ccc(Cl)cc1. The minimum absolute atomic E-state index is 0.109. The maximum atomic E-state index is 13.3. The summed E-state index contributed by atoms with van der Waals surface area (Å²) in [6.07, 6.45) is 3.40. The lowest BCUT2D eigenvalue weighted by atomic mass is 9.90. The molecule has 36 heavy (non-hydrogen) atoms. The molecule has 0 saturated carbocycles. The zero-order chi connectivity index (χ0) is 25.3. The van der Waals surface area contributed by atoms with E-state index in [1.807, 2.05) is 48.2 Å². The predicted octanol–water partition coefficient (Wildman–Crippen LogP) is 6.81. The van der Waals surface area contributed by atoms with E-state index in [-0.39, 0.29) is 18.0 Å². The van der Waals surface area contributed by atoms with Gasteiger partial charge in [-0.1, -0.05) is 72.3 Å². The molecular weight excluding hydrogens is 470 g/mol. The Morgan fingerprint density at radius 1 is 0.944 bits per heavy atom. The topological polar surface area (TPSA) is 52.7 Å². The maximum absolute atomic E-state index is 13.3. The fourth-order valence-corrected chi connectivity index (χ4v) is 4.95. The molecule has 0 radical (unpaired) electrons. The highest BCUT2D eigenvalue weighted by Crippen LogP contribution is 2.24. The number of nitrogens with one attached hydrogen (secondary N) is 1. The van der Waals surface area contributed by atoms with Gasteiger partial charge < -0.3 is 15.1 Å². The summed E-state index contributed by atoms with van der Waals surface area (Å²) >= 11 is 5.98. The number of rotatable bonds is 8. The number of anilines is 1. The van der Waals surface area contributed by atoms with Crippen LogP contribution in [0.25, 0.3) is 0 Å². The molecule has 6 heteroatoms. The summed E-state index contributed by atoms with van der Waals surface area (Å²) in [7, 11) is 0. The Labute approximate surface area is 219 Å². The monoisotopic (exact) mass is 503 g/mol. The molecular formula is C30H34ClN3O2. The van der Waals surface area contributed by atoms with Gasteiger partial charge in [0.05, 0.1) is 6.04 Å². The van der Waals surface area contributed by atoms with Crippen molar-refractivity contribution >= 4 is 29.2 Å². The summed E-state index contributed by atoms with van der Waals surface area (Å²) < 4.78 is 0. The summed E-state index contributed by atoms with van der Waals surface area (Å²) in [4.78, 5) is 30.1. The fraction of sp³-hybridized carbons (Fsp3) is 0.333. The number of carbonyl (C=O) groups excluding carboxylic acids is 2. The molecule has 1 aliphatic heterocycles. The number of halogens is 1. The third-order valence-corrected chi connectivity index (χ3v) is 7.26. The molecule has 0 bridgehead atoms. The minimum atomic E-state index is -0.233. The lowest BCUT2D eigenvalue weighted by Gasteiger charge is -2.34. The van der Waals surface area contributed by atoms with E-state index >= 15 is 0 Å². The van der Waals surface area contributed by atoms with Crippen LogP contribution in [0, 0.1) is 5.92 Å². The number of likely N-dealkylation sites (tertiary alicyclic amines) is 1. The van der Waals surface area contributed by atoms with Gasteiger partial charge in [0.25, 0.3) is 0 Å². The smallest absolute Gasteiger partial charge is 0.322 e. The van der Waals surface area contributed by atoms with E-state index in [0.717, 1.165) is 37.9 Å². The van der Waals surface area contributed by atoms with E-state index in [1.54, 1.807) is 29.2 Å². The lowest BCUT2D eigenvalue weighted by molar-refractivity contribution is -0.132. The van der Waals surface area contributed by atoms with Crippen LogP contribution in [-0.4, -0.2) is 41.4 Å². The van der Waals surface area contributed by atoms with Crippen LogP contribution < -0.4 is 5.32 Å². The summed E-state index contributed by atoms with van der Waals surface area (Å²) in [6.45, 7) is 3.90. The van der Waals surface area contributed by atoms with E-state index in [9.17, 15) is 9.59 Å². The number of hydrogen-bond acceptors (Lipinski definition) is 2. The van der Waals surface area contributed by atoms with E-state index in [1.165, 1.54) is 5.56 Å². The molecule has 0 aliphatic carbocycles. The van der Waals surface area contributed by atoms with E-state index in [4.69, 9.17) is 11.6 Å². The summed E-state index contributed by atoms with van der Waals surface area (Å²) in [5.41, 5.74) is 3.05. The number of amides is 3. The number of urea groups is 1. The number of benzene rings is 3. The molecule has 1 fully saturated rings. The van der Waals surface area contributed by atoms with E-state index < -0.39 is 0 Å². The number of hydrogen-bond donors (Lipinski definition) is 1. The van der Waals surface area contributed by atoms with E-state index in [0.29, 0.717) is 29.6 Å². The Kier molecular flexibility index (Phi) is 9.01. The average Bonchev–Trinajstić information content (AvgIpc) is 2.91. The first-order valence-electron chi connectivity index (χ1n) is 12.7. The number of nitrogens with zero attached hydrogens (tertiary/aromatic N) is 2. The van der Waals surface area contributed by atoms with Gasteiger partial charge in [-0.05, 0) is 67.5 Å². The molecule has 1 N–H and O–H groups in total. The van der Waals surface area contributed by atoms with Crippen molar-refractivity contribution in [2.24, 2.45) is 5.92 Å².